The number of aryl methyl sites for hydroxylation is 1. The summed E-state index contributed by atoms with van der Waals surface area (Å²) in [4.78, 5) is 11.7. The number of nitrogens with one attached hydrogen (secondary N) is 1. The van der Waals surface area contributed by atoms with Crippen molar-refractivity contribution in [2.24, 2.45) is 0 Å². The fraction of sp³-hybridized carbons (Fsp3) is 0.308. The van der Waals surface area contributed by atoms with Crippen LogP contribution in [0.3, 0.4) is 0 Å². The van der Waals surface area contributed by atoms with Crippen LogP contribution in [0.1, 0.15) is 29.3 Å². The first-order valence-electron chi connectivity index (χ1n) is 5.11. The molecule has 0 aliphatic heterocycles. The van der Waals surface area contributed by atoms with Gasteiger partial charge in [-0.1, -0.05) is 18.9 Å². The molecule has 1 unspecified atom stereocenters. The lowest BCUT2D eigenvalue weighted by atomic mass is 10.1. The van der Waals surface area contributed by atoms with Gasteiger partial charge in [-0.15, -0.1) is 6.42 Å². The SMILES string of the molecule is C#CC(CC)NC(=O)c1ccc(C)c(F)c1. The number of amides is 1. The van der Waals surface area contributed by atoms with Gasteiger partial charge in [-0.05, 0) is 31.0 Å². The number of carbonyl (C=O) groups excluding carboxylic acids is 1. The molecule has 0 saturated heterocycles. The predicted octanol–water partition coefficient (Wildman–Crippen LogP) is 2.28. The Hall–Kier alpha value is -1.82. The van der Waals surface area contributed by atoms with Gasteiger partial charge in [0, 0.05) is 5.56 Å². The predicted molar refractivity (Wildman–Crippen MR) is 61.5 cm³/mol. The van der Waals surface area contributed by atoms with E-state index in [1.807, 2.05) is 6.92 Å². The maximum Gasteiger partial charge on any atom is 0.252 e. The monoisotopic (exact) mass is 219 g/mol. The van der Waals surface area contributed by atoms with Crippen LogP contribution in [-0.2, 0) is 0 Å². The smallest absolute Gasteiger partial charge is 0.252 e. The second-order valence-corrected chi connectivity index (χ2v) is 3.56. The van der Waals surface area contributed by atoms with Crippen molar-refractivity contribution >= 4 is 5.91 Å². The topological polar surface area (TPSA) is 29.1 Å². The number of hydrogen-bond acceptors (Lipinski definition) is 1. The van der Waals surface area contributed by atoms with Gasteiger partial charge in [0.05, 0.1) is 6.04 Å². The molecule has 84 valence electrons. The number of rotatable bonds is 3. The zero-order valence-corrected chi connectivity index (χ0v) is 9.38. The summed E-state index contributed by atoms with van der Waals surface area (Å²) >= 11 is 0. The van der Waals surface area contributed by atoms with E-state index in [9.17, 15) is 9.18 Å². The molecule has 1 rings (SSSR count). The van der Waals surface area contributed by atoms with Crippen LogP contribution in [0.4, 0.5) is 4.39 Å². The van der Waals surface area contributed by atoms with Crippen LogP contribution in [0.25, 0.3) is 0 Å². The third-order valence-corrected chi connectivity index (χ3v) is 2.35. The van der Waals surface area contributed by atoms with Crippen molar-refractivity contribution in [3.63, 3.8) is 0 Å². The van der Waals surface area contributed by atoms with Crippen LogP contribution >= 0.6 is 0 Å². The first kappa shape index (κ1) is 12.3. The molecular formula is C13H14FNO. The zero-order valence-electron chi connectivity index (χ0n) is 9.38. The molecule has 0 radical (unpaired) electrons. The molecule has 0 heterocycles. The largest absolute Gasteiger partial charge is 0.338 e. The highest BCUT2D eigenvalue weighted by Gasteiger charge is 2.11. The lowest BCUT2D eigenvalue weighted by Gasteiger charge is -2.10. The molecule has 1 aromatic rings. The van der Waals surface area contributed by atoms with E-state index >= 15 is 0 Å². The van der Waals surface area contributed by atoms with E-state index in [0.717, 1.165) is 0 Å². The van der Waals surface area contributed by atoms with Crippen LogP contribution in [0.5, 0.6) is 0 Å². The quantitative estimate of drug-likeness (QED) is 0.776. The summed E-state index contributed by atoms with van der Waals surface area (Å²) in [7, 11) is 0. The van der Waals surface area contributed by atoms with Gasteiger partial charge in [-0.2, -0.15) is 0 Å². The van der Waals surface area contributed by atoms with E-state index in [1.54, 1.807) is 19.1 Å². The summed E-state index contributed by atoms with van der Waals surface area (Å²) in [5.41, 5.74) is 0.803. The lowest BCUT2D eigenvalue weighted by Crippen LogP contribution is -2.33. The third kappa shape index (κ3) is 2.83. The summed E-state index contributed by atoms with van der Waals surface area (Å²) in [6.07, 6.45) is 5.87. The molecule has 3 heteroatoms. The molecule has 0 spiro atoms. The second kappa shape index (κ2) is 5.32. The molecule has 0 fully saturated rings. The zero-order chi connectivity index (χ0) is 12.1. The van der Waals surface area contributed by atoms with E-state index in [1.165, 1.54) is 6.07 Å². The Morgan fingerprint density at radius 3 is 2.81 bits per heavy atom. The molecule has 0 bridgehead atoms. The molecule has 1 amide bonds. The van der Waals surface area contributed by atoms with Gasteiger partial charge in [0.2, 0.25) is 0 Å². The third-order valence-electron chi connectivity index (χ3n) is 2.35. The number of halogens is 1. The number of hydrogen-bond donors (Lipinski definition) is 1. The molecule has 0 aliphatic carbocycles. The van der Waals surface area contributed by atoms with Crippen molar-refractivity contribution in [2.45, 2.75) is 26.3 Å². The lowest BCUT2D eigenvalue weighted by molar-refractivity contribution is 0.0944. The number of benzene rings is 1. The maximum absolute atomic E-state index is 13.2. The van der Waals surface area contributed by atoms with Crippen LogP contribution in [0.2, 0.25) is 0 Å². The van der Waals surface area contributed by atoms with Crippen LogP contribution in [0, 0.1) is 25.1 Å². The van der Waals surface area contributed by atoms with E-state index in [-0.39, 0.29) is 23.3 Å². The fourth-order valence-corrected chi connectivity index (χ4v) is 1.24. The van der Waals surface area contributed by atoms with Crippen molar-refractivity contribution < 1.29 is 9.18 Å². The Bertz CT molecular complexity index is 434. The summed E-state index contributed by atoms with van der Waals surface area (Å²) in [6.45, 7) is 3.52. The molecular weight excluding hydrogens is 205 g/mol. The number of carbonyl (C=O) groups is 1. The molecule has 0 saturated carbocycles. The minimum atomic E-state index is -0.388. The van der Waals surface area contributed by atoms with Crippen molar-refractivity contribution in [3.05, 3.63) is 35.1 Å². The second-order valence-electron chi connectivity index (χ2n) is 3.56. The summed E-state index contributed by atoms with van der Waals surface area (Å²) in [5, 5.41) is 2.64. The average molecular weight is 219 g/mol. The van der Waals surface area contributed by atoms with E-state index in [2.05, 4.69) is 11.2 Å². The number of terminal acetylenes is 1. The van der Waals surface area contributed by atoms with Gasteiger partial charge in [-0.25, -0.2) is 4.39 Å². The highest BCUT2D eigenvalue weighted by molar-refractivity contribution is 5.94. The van der Waals surface area contributed by atoms with Gasteiger partial charge in [0.25, 0.3) is 5.91 Å². The molecule has 1 N–H and O–H groups in total. The molecule has 16 heavy (non-hydrogen) atoms. The van der Waals surface area contributed by atoms with Crippen molar-refractivity contribution in [1.29, 1.82) is 0 Å². The van der Waals surface area contributed by atoms with Gasteiger partial charge in [-0.3, -0.25) is 4.79 Å². The highest BCUT2D eigenvalue weighted by atomic mass is 19.1. The Morgan fingerprint density at radius 1 is 1.62 bits per heavy atom. The molecule has 2 nitrogen and oxygen atoms in total. The Balaban J connectivity index is 2.81. The Kier molecular flexibility index (Phi) is 4.07. The first-order valence-corrected chi connectivity index (χ1v) is 5.11. The van der Waals surface area contributed by atoms with E-state index < -0.39 is 0 Å². The van der Waals surface area contributed by atoms with Crippen LogP contribution in [0.15, 0.2) is 18.2 Å². The fourth-order valence-electron chi connectivity index (χ4n) is 1.24. The van der Waals surface area contributed by atoms with Gasteiger partial charge < -0.3 is 5.32 Å². The average Bonchev–Trinajstić information content (AvgIpc) is 2.29. The first-order chi connectivity index (χ1) is 7.58. The standard InChI is InChI=1S/C13H14FNO/c1-4-11(5-2)15-13(16)10-7-6-9(3)12(14)8-10/h1,6-8,11H,5H2,2-3H3,(H,15,16). The van der Waals surface area contributed by atoms with Gasteiger partial charge in [0.1, 0.15) is 5.82 Å². The van der Waals surface area contributed by atoms with Gasteiger partial charge >= 0.3 is 0 Å². The molecule has 0 aromatic heterocycles. The Morgan fingerprint density at radius 2 is 2.31 bits per heavy atom. The summed E-state index contributed by atoms with van der Waals surface area (Å²) < 4.78 is 13.2. The normalized spacial score (nSPS) is 11.6. The van der Waals surface area contributed by atoms with Gasteiger partial charge in [0.15, 0.2) is 0 Å². The van der Waals surface area contributed by atoms with E-state index in [0.29, 0.717) is 12.0 Å². The van der Waals surface area contributed by atoms with E-state index in [4.69, 9.17) is 6.42 Å². The van der Waals surface area contributed by atoms with Crippen LogP contribution in [-0.4, -0.2) is 11.9 Å². The van der Waals surface area contributed by atoms with Crippen molar-refractivity contribution in [2.75, 3.05) is 0 Å². The summed E-state index contributed by atoms with van der Waals surface area (Å²) in [5.74, 6) is 1.72. The van der Waals surface area contributed by atoms with Crippen molar-refractivity contribution in [3.8, 4) is 12.3 Å². The molecule has 0 aliphatic rings. The van der Waals surface area contributed by atoms with Crippen LogP contribution < -0.4 is 5.32 Å². The minimum Gasteiger partial charge on any atom is -0.338 e. The van der Waals surface area contributed by atoms with Crippen molar-refractivity contribution in [1.82, 2.24) is 5.32 Å². The highest BCUT2D eigenvalue weighted by Crippen LogP contribution is 2.09. The molecule has 1 aromatic carbocycles. The molecule has 1 atom stereocenters. The Labute approximate surface area is 94.9 Å². The minimum absolute atomic E-state index is 0.289. The maximum atomic E-state index is 13.2. The summed E-state index contributed by atoms with van der Waals surface area (Å²) in [6, 6.07) is 4.06.